The first kappa shape index (κ1) is 17.2. The van der Waals surface area contributed by atoms with Gasteiger partial charge in [-0.25, -0.2) is 4.39 Å². The zero-order chi connectivity index (χ0) is 17.8. The van der Waals surface area contributed by atoms with E-state index in [2.05, 4.69) is 0 Å². The Hall–Kier alpha value is -2.60. The molecule has 6 heteroatoms. The third-order valence-corrected chi connectivity index (χ3v) is 4.24. The molecule has 2 aromatic rings. The van der Waals surface area contributed by atoms with Crippen LogP contribution in [-0.2, 0) is 4.74 Å². The zero-order valence-corrected chi connectivity index (χ0v) is 14.2. The first-order valence-corrected chi connectivity index (χ1v) is 8.01. The average Bonchev–Trinajstić information content (AvgIpc) is 2.67. The Kier molecular flexibility index (Phi) is 5.19. The molecule has 0 spiro atoms. The molecule has 0 saturated carbocycles. The summed E-state index contributed by atoms with van der Waals surface area (Å²) >= 11 is 0. The molecule has 0 aromatic heterocycles. The van der Waals surface area contributed by atoms with E-state index in [4.69, 9.17) is 14.2 Å². The summed E-state index contributed by atoms with van der Waals surface area (Å²) in [5, 5.41) is 0. The van der Waals surface area contributed by atoms with Crippen LogP contribution < -0.4 is 9.47 Å². The third-order valence-electron chi connectivity index (χ3n) is 4.24. The quantitative estimate of drug-likeness (QED) is 0.855. The minimum Gasteiger partial charge on any atom is -0.497 e. The van der Waals surface area contributed by atoms with Gasteiger partial charge in [-0.1, -0.05) is 18.2 Å². The lowest BCUT2D eigenvalue weighted by Crippen LogP contribution is -2.42. The van der Waals surface area contributed by atoms with Crippen molar-refractivity contribution in [1.29, 1.82) is 0 Å². The molecule has 25 heavy (non-hydrogen) atoms. The van der Waals surface area contributed by atoms with Crippen molar-refractivity contribution in [3.63, 3.8) is 0 Å². The Morgan fingerprint density at radius 3 is 2.72 bits per heavy atom. The minimum absolute atomic E-state index is 0.177. The molecule has 1 amide bonds. The molecule has 1 atom stereocenters. The summed E-state index contributed by atoms with van der Waals surface area (Å²) in [7, 11) is 3.06. The van der Waals surface area contributed by atoms with Gasteiger partial charge in [0.1, 0.15) is 23.4 Å². The molecule has 2 aromatic carbocycles. The number of ether oxygens (including phenoxy) is 3. The molecule has 0 unspecified atom stereocenters. The van der Waals surface area contributed by atoms with Gasteiger partial charge >= 0.3 is 0 Å². The van der Waals surface area contributed by atoms with Gasteiger partial charge in [0.2, 0.25) is 0 Å². The number of amides is 1. The van der Waals surface area contributed by atoms with E-state index in [1.54, 1.807) is 48.4 Å². The van der Waals surface area contributed by atoms with E-state index < -0.39 is 6.10 Å². The average molecular weight is 345 g/mol. The Labute approximate surface area is 145 Å². The van der Waals surface area contributed by atoms with Crippen molar-refractivity contribution in [2.24, 2.45) is 0 Å². The van der Waals surface area contributed by atoms with Crippen LogP contribution in [0.4, 0.5) is 4.39 Å². The summed E-state index contributed by atoms with van der Waals surface area (Å²) in [6.07, 6.45) is -0.483. The number of rotatable bonds is 4. The second kappa shape index (κ2) is 7.53. The maximum atomic E-state index is 14.0. The highest BCUT2D eigenvalue weighted by Gasteiger charge is 2.29. The summed E-state index contributed by atoms with van der Waals surface area (Å²) in [5.41, 5.74) is 0.902. The van der Waals surface area contributed by atoms with E-state index in [1.807, 2.05) is 0 Å². The van der Waals surface area contributed by atoms with Gasteiger partial charge < -0.3 is 19.1 Å². The highest BCUT2D eigenvalue weighted by atomic mass is 19.1. The topological polar surface area (TPSA) is 48.0 Å². The normalized spacial score (nSPS) is 17.2. The van der Waals surface area contributed by atoms with Crippen molar-refractivity contribution < 1.29 is 23.4 Å². The second-order valence-electron chi connectivity index (χ2n) is 5.70. The molecular weight excluding hydrogens is 325 g/mol. The summed E-state index contributed by atoms with van der Waals surface area (Å²) in [4.78, 5) is 14.6. The number of methoxy groups -OCH3 is 2. The Balaban J connectivity index is 1.82. The fourth-order valence-corrected chi connectivity index (χ4v) is 2.90. The van der Waals surface area contributed by atoms with E-state index in [1.165, 1.54) is 13.2 Å². The number of hydrogen-bond donors (Lipinski definition) is 0. The van der Waals surface area contributed by atoms with Crippen LogP contribution in [0, 0.1) is 5.82 Å². The van der Waals surface area contributed by atoms with Crippen LogP contribution in [0.15, 0.2) is 42.5 Å². The largest absolute Gasteiger partial charge is 0.497 e. The Morgan fingerprint density at radius 2 is 2.00 bits per heavy atom. The van der Waals surface area contributed by atoms with Gasteiger partial charge in [-0.3, -0.25) is 4.79 Å². The Morgan fingerprint density at radius 1 is 1.20 bits per heavy atom. The van der Waals surface area contributed by atoms with Gasteiger partial charge in [-0.2, -0.15) is 0 Å². The fourth-order valence-electron chi connectivity index (χ4n) is 2.90. The SMILES string of the molecule is COc1ccc(C(=O)N2CCO[C@H](c3ccccc3F)C2)c(OC)c1. The Bertz CT molecular complexity index is 765. The molecule has 1 heterocycles. The number of halogens is 1. The van der Waals surface area contributed by atoms with Crippen molar-refractivity contribution in [3.8, 4) is 11.5 Å². The summed E-state index contributed by atoms with van der Waals surface area (Å²) in [6.45, 7) is 1.08. The van der Waals surface area contributed by atoms with Crippen molar-refractivity contribution >= 4 is 5.91 Å². The van der Waals surface area contributed by atoms with E-state index >= 15 is 0 Å². The van der Waals surface area contributed by atoms with Crippen molar-refractivity contribution in [3.05, 3.63) is 59.4 Å². The molecule has 0 bridgehead atoms. The van der Waals surface area contributed by atoms with Gasteiger partial charge in [-0.15, -0.1) is 0 Å². The predicted molar refractivity (Wildman–Crippen MR) is 90.5 cm³/mol. The second-order valence-corrected chi connectivity index (χ2v) is 5.70. The van der Waals surface area contributed by atoms with Crippen LogP contribution in [0.5, 0.6) is 11.5 Å². The van der Waals surface area contributed by atoms with Crippen LogP contribution in [-0.4, -0.2) is 44.7 Å². The van der Waals surface area contributed by atoms with E-state index in [-0.39, 0.29) is 18.3 Å². The maximum Gasteiger partial charge on any atom is 0.257 e. The number of carbonyl (C=O) groups excluding carboxylic acids is 1. The molecule has 1 saturated heterocycles. The number of benzene rings is 2. The highest BCUT2D eigenvalue weighted by Crippen LogP contribution is 2.29. The number of morpholine rings is 1. The lowest BCUT2D eigenvalue weighted by molar-refractivity contribution is -0.0243. The molecule has 3 rings (SSSR count). The molecule has 1 aliphatic rings. The molecule has 0 N–H and O–H groups in total. The standard InChI is InChI=1S/C19H20FNO4/c1-23-13-7-8-15(17(11-13)24-2)19(22)21-9-10-25-18(12-21)14-5-3-4-6-16(14)20/h3-8,11,18H,9-10,12H2,1-2H3/t18-/m0/s1. The fraction of sp³-hybridized carbons (Fsp3) is 0.316. The van der Waals surface area contributed by atoms with Gasteiger partial charge in [0.15, 0.2) is 0 Å². The molecule has 0 aliphatic carbocycles. The summed E-state index contributed by atoms with van der Waals surface area (Å²) < 4.78 is 30.1. The van der Waals surface area contributed by atoms with Gasteiger partial charge in [0.05, 0.1) is 32.9 Å². The van der Waals surface area contributed by atoms with E-state index in [0.29, 0.717) is 35.8 Å². The molecule has 132 valence electrons. The number of nitrogens with zero attached hydrogens (tertiary/aromatic N) is 1. The number of hydrogen-bond acceptors (Lipinski definition) is 4. The van der Waals surface area contributed by atoms with Crippen LogP contribution in [0.25, 0.3) is 0 Å². The minimum atomic E-state index is -0.483. The van der Waals surface area contributed by atoms with Crippen molar-refractivity contribution in [2.45, 2.75) is 6.10 Å². The van der Waals surface area contributed by atoms with Crippen LogP contribution in [0.1, 0.15) is 22.0 Å². The van der Waals surface area contributed by atoms with Gasteiger partial charge in [0.25, 0.3) is 5.91 Å². The summed E-state index contributed by atoms with van der Waals surface area (Å²) in [6, 6.07) is 11.5. The molecular formula is C19H20FNO4. The lowest BCUT2D eigenvalue weighted by Gasteiger charge is -2.33. The smallest absolute Gasteiger partial charge is 0.257 e. The highest BCUT2D eigenvalue weighted by molar-refractivity contribution is 5.97. The first-order chi connectivity index (χ1) is 12.1. The van der Waals surface area contributed by atoms with Crippen LogP contribution in [0.2, 0.25) is 0 Å². The maximum absolute atomic E-state index is 14.0. The molecule has 5 nitrogen and oxygen atoms in total. The molecule has 1 fully saturated rings. The van der Waals surface area contributed by atoms with Crippen LogP contribution in [0.3, 0.4) is 0 Å². The van der Waals surface area contributed by atoms with Crippen molar-refractivity contribution in [1.82, 2.24) is 4.90 Å². The number of carbonyl (C=O) groups is 1. The first-order valence-electron chi connectivity index (χ1n) is 8.01. The van der Waals surface area contributed by atoms with Gasteiger partial charge in [-0.05, 0) is 18.2 Å². The van der Waals surface area contributed by atoms with E-state index in [0.717, 1.165) is 0 Å². The molecule has 1 aliphatic heterocycles. The summed E-state index contributed by atoms with van der Waals surface area (Å²) in [5.74, 6) is 0.547. The van der Waals surface area contributed by atoms with Gasteiger partial charge in [0, 0.05) is 18.2 Å². The van der Waals surface area contributed by atoms with Crippen molar-refractivity contribution in [2.75, 3.05) is 33.9 Å². The van der Waals surface area contributed by atoms with Crippen LogP contribution >= 0.6 is 0 Å². The third kappa shape index (κ3) is 3.58. The van der Waals surface area contributed by atoms with E-state index in [9.17, 15) is 9.18 Å². The predicted octanol–water partition coefficient (Wildman–Crippen LogP) is 3.06. The molecule has 0 radical (unpaired) electrons. The lowest BCUT2D eigenvalue weighted by atomic mass is 10.1. The monoisotopic (exact) mass is 345 g/mol. The zero-order valence-electron chi connectivity index (χ0n) is 14.2.